The molecule has 25 heavy (non-hydrogen) atoms. The summed E-state index contributed by atoms with van der Waals surface area (Å²) in [6.07, 6.45) is 1.36. The van der Waals surface area contributed by atoms with Gasteiger partial charge < -0.3 is 18.8 Å². The lowest BCUT2D eigenvalue weighted by Crippen LogP contribution is -2.42. The molecule has 2 aromatic rings. The van der Waals surface area contributed by atoms with E-state index in [2.05, 4.69) is 4.98 Å². The Morgan fingerprint density at radius 3 is 2.80 bits per heavy atom. The molecule has 3 heterocycles. The van der Waals surface area contributed by atoms with E-state index in [-0.39, 0.29) is 17.6 Å². The summed E-state index contributed by atoms with van der Waals surface area (Å²) in [7, 11) is 0. The fraction of sp³-hybridized carbons (Fsp3) is 0.474. The summed E-state index contributed by atoms with van der Waals surface area (Å²) in [4.78, 5) is 18.8. The molecular weight excluding hydrogens is 320 g/mol. The van der Waals surface area contributed by atoms with Gasteiger partial charge in [-0.2, -0.15) is 0 Å². The Labute approximate surface area is 147 Å². The lowest BCUT2D eigenvalue weighted by molar-refractivity contribution is -0.0324. The van der Waals surface area contributed by atoms with Crippen molar-refractivity contribution in [3.8, 4) is 5.88 Å². The molecule has 0 spiro atoms. The van der Waals surface area contributed by atoms with Crippen molar-refractivity contribution in [2.75, 3.05) is 19.7 Å². The summed E-state index contributed by atoms with van der Waals surface area (Å²) in [5.74, 6) is 1.98. The number of morpholine rings is 1. The number of aromatic nitrogens is 1. The summed E-state index contributed by atoms with van der Waals surface area (Å²) >= 11 is 0. The van der Waals surface area contributed by atoms with Gasteiger partial charge in [0.05, 0.1) is 13.2 Å². The van der Waals surface area contributed by atoms with Crippen molar-refractivity contribution < 1.29 is 18.7 Å². The Hall–Kier alpha value is -2.34. The SMILES string of the molecule is Cc1ccc([C@@H]2CN(C(=O)c3ccnc(OC(C)(C)C)c3)CCO2)o1. The van der Waals surface area contributed by atoms with Gasteiger partial charge in [0.25, 0.3) is 5.91 Å². The molecule has 1 aliphatic rings. The molecular formula is C19H24N2O4. The van der Waals surface area contributed by atoms with Crippen LogP contribution in [0.4, 0.5) is 0 Å². The summed E-state index contributed by atoms with van der Waals surface area (Å²) in [5, 5.41) is 0. The minimum atomic E-state index is -0.365. The largest absolute Gasteiger partial charge is 0.472 e. The van der Waals surface area contributed by atoms with E-state index in [9.17, 15) is 4.79 Å². The highest BCUT2D eigenvalue weighted by Crippen LogP contribution is 2.25. The van der Waals surface area contributed by atoms with Crippen molar-refractivity contribution in [2.24, 2.45) is 0 Å². The van der Waals surface area contributed by atoms with E-state index in [4.69, 9.17) is 13.9 Å². The molecule has 0 aliphatic carbocycles. The van der Waals surface area contributed by atoms with Crippen LogP contribution in [0.15, 0.2) is 34.9 Å². The van der Waals surface area contributed by atoms with Gasteiger partial charge in [0.2, 0.25) is 5.88 Å². The van der Waals surface area contributed by atoms with Crippen LogP contribution >= 0.6 is 0 Å². The summed E-state index contributed by atoms with van der Waals surface area (Å²) in [6.45, 7) is 9.22. The summed E-state index contributed by atoms with van der Waals surface area (Å²) < 4.78 is 17.1. The molecule has 6 heteroatoms. The number of pyridine rings is 1. The first kappa shape index (κ1) is 17.5. The average molecular weight is 344 g/mol. The second-order valence-electron chi connectivity index (χ2n) is 7.16. The predicted molar refractivity (Wildman–Crippen MR) is 92.7 cm³/mol. The second-order valence-corrected chi connectivity index (χ2v) is 7.16. The fourth-order valence-electron chi connectivity index (χ4n) is 2.73. The highest BCUT2D eigenvalue weighted by atomic mass is 16.5. The first-order valence-corrected chi connectivity index (χ1v) is 8.44. The molecule has 0 aromatic carbocycles. The van der Waals surface area contributed by atoms with Crippen molar-refractivity contribution in [3.05, 3.63) is 47.5 Å². The zero-order valence-corrected chi connectivity index (χ0v) is 15.1. The van der Waals surface area contributed by atoms with Crippen LogP contribution in [0, 0.1) is 6.92 Å². The van der Waals surface area contributed by atoms with Crippen molar-refractivity contribution in [1.82, 2.24) is 9.88 Å². The van der Waals surface area contributed by atoms with Gasteiger partial charge in [0, 0.05) is 24.4 Å². The van der Waals surface area contributed by atoms with Gasteiger partial charge in [0.15, 0.2) is 0 Å². The smallest absolute Gasteiger partial charge is 0.254 e. The third-order valence-electron chi connectivity index (χ3n) is 3.82. The van der Waals surface area contributed by atoms with Crippen molar-refractivity contribution in [1.29, 1.82) is 0 Å². The first-order chi connectivity index (χ1) is 11.8. The molecule has 0 bridgehead atoms. The summed E-state index contributed by atoms with van der Waals surface area (Å²) in [5.41, 5.74) is 0.195. The van der Waals surface area contributed by atoms with Gasteiger partial charge in [-0.05, 0) is 45.9 Å². The maximum atomic E-state index is 12.9. The predicted octanol–water partition coefficient (Wildman–Crippen LogP) is 3.37. The molecule has 0 saturated carbocycles. The third kappa shape index (κ3) is 4.39. The number of carbonyl (C=O) groups excluding carboxylic acids is 1. The van der Waals surface area contributed by atoms with E-state index < -0.39 is 0 Å². The van der Waals surface area contributed by atoms with Crippen LogP contribution in [0.3, 0.4) is 0 Å². The third-order valence-corrected chi connectivity index (χ3v) is 3.82. The molecule has 1 atom stereocenters. The number of aryl methyl sites for hydroxylation is 1. The second kappa shape index (κ2) is 6.88. The maximum Gasteiger partial charge on any atom is 0.254 e. The highest BCUT2D eigenvalue weighted by Gasteiger charge is 2.28. The average Bonchev–Trinajstić information content (AvgIpc) is 2.99. The van der Waals surface area contributed by atoms with Crippen molar-refractivity contribution in [3.63, 3.8) is 0 Å². The van der Waals surface area contributed by atoms with Crippen LogP contribution in [-0.2, 0) is 4.74 Å². The van der Waals surface area contributed by atoms with E-state index in [1.807, 2.05) is 39.8 Å². The number of hydrogen-bond acceptors (Lipinski definition) is 5. The quantitative estimate of drug-likeness (QED) is 0.854. The van der Waals surface area contributed by atoms with Gasteiger partial charge in [0.1, 0.15) is 23.2 Å². The molecule has 1 saturated heterocycles. The molecule has 6 nitrogen and oxygen atoms in total. The molecule has 0 radical (unpaired) electrons. The monoisotopic (exact) mass is 344 g/mol. The number of nitrogens with zero attached hydrogens (tertiary/aromatic N) is 2. The van der Waals surface area contributed by atoms with E-state index in [0.717, 1.165) is 11.5 Å². The number of amides is 1. The van der Waals surface area contributed by atoms with Gasteiger partial charge in [-0.3, -0.25) is 4.79 Å². The minimum absolute atomic E-state index is 0.0577. The number of rotatable bonds is 3. The maximum absolute atomic E-state index is 12.9. The van der Waals surface area contributed by atoms with Gasteiger partial charge in [-0.1, -0.05) is 0 Å². The normalized spacial score (nSPS) is 18.2. The van der Waals surface area contributed by atoms with Gasteiger partial charge >= 0.3 is 0 Å². The number of ether oxygens (including phenoxy) is 2. The number of furan rings is 1. The van der Waals surface area contributed by atoms with Crippen LogP contribution in [0.5, 0.6) is 5.88 Å². The minimum Gasteiger partial charge on any atom is -0.472 e. The Morgan fingerprint density at radius 1 is 1.32 bits per heavy atom. The highest BCUT2D eigenvalue weighted by molar-refractivity contribution is 5.94. The molecule has 1 aliphatic heterocycles. The van der Waals surface area contributed by atoms with Crippen LogP contribution in [0.2, 0.25) is 0 Å². The molecule has 0 unspecified atom stereocenters. The van der Waals surface area contributed by atoms with E-state index in [1.165, 1.54) is 0 Å². The standard InChI is InChI=1S/C19H24N2O4/c1-13-5-6-15(24-13)16-12-21(9-10-23-16)18(22)14-7-8-20-17(11-14)25-19(2,3)4/h5-8,11,16H,9-10,12H2,1-4H3/t16-/m0/s1. The molecule has 1 fully saturated rings. The zero-order chi connectivity index (χ0) is 18.0. The molecule has 0 N–H and O–H groups in total. The molecule has 3 rings (SSSR count). The summed E-state index contributed by atoms with van der Waals surface area (Å²) in [6, 6.07) is 7.20. The first-order valence-electron chi connectivity index (χ1n) is 8.44. The van der Waals surface area contributed by atoms with Crippen LogP contribution in [0.25, 0.3) is 0 Å². The Bertz CT molecular complexity index is 748. The zero-order valence-electron chi connectivity index (χ0n) is 15.1. The lowest BCUT2D eigenvalue weighted by Gasteiger charge is -2.32. The van der Waals surface area contributed by atoms with Crippen molar-refractivity contribution >= 4 is 5.91 Å². The molecule has 1 amide bonds. The lowest BCUT2D eigenvalue weighted by atomic mass is 10.1. The topological polar surface area (TPSA) is 64.8 Å². The molecule has 2 aromatic heterocycles. The van der Waals surface area contributed by atoms with Crippen molar-refractivity contribution in [2.45, 2.75) is 39.4 Å². The van der Waals surface area contributed by atoms with Gasteiger partial charge in [-0.25, -0.2) is 4.98 Å². The number of hydrogen-bond donors (Lipinski definition) is 0. The van der Waals surface area contributed by atoms with Crippen LogP contribution < -0.4 is 4.74 Å². The van der Waals surface area contributed by atoms with E-state index in [1.54, 1.807) is 23.2 Å². The van der Waals surface area contributed by atoms with E-state index >= 15 is 0 Å². The van der Waals surface area contributed by atoms with Gasteiger partial charge in [-0.15, -0.1) is 0 Å². The van der Waals surface area contributed by atoms with Crippen LogP contribution in [0.1, 0.15) is 48.8 Å². The number of carbonyl (C=O) groups is 1. The Kier molecular flexibility index (Phi) is 4.81. The van der Waals surface area contributed by atoms with E-state index in [0.29, 0.717) is 31.1 Å². The Balaban J connectivity index is 1.73. The van der Waals surface area contributed by atoms with Crippen LogP contribution in [-0.4, -0.2) is 41.1 Å². The Morgan fingerprint density at radius 2 is 2.12 bits per heavy atom. The molecule has 134 valence electrons. The fourth-order valence-corrected chi connectivity index (χ4v) is 2.73.